The minimum absolute atomic E-state index is 0.0604. The van der Waals surface area contributed by atoms with Crippen LogP contribution in [0.3, 0.4) is 0 Å². The van der Waals surface area contributed by atoms with Gasteiger partial charge in [0.15, 0.2) is 11.5 Å². The summed E-state index contributed by atoms with van der Waals surface area (Å²) in [5.74, 6) is 1.36. The first-order valence-corrected chi connectivity index (χ1v) is 10.7. The molecule has 3 N–H and O–H groups in total. The molecule has 0 fully saturated rings. The number of methoxy groups -OCH3 is 1. The standard InChI is InChI=1S/C23H25N7O4/c1-14(21(31)25-12-13-34-23(32)24-2)26-22-27-18-7-5-4-6-17(18)20-28-19(29-30(20)22)15-8-10-16(33-3)11-9-15/h4-11,14H,12-13H2,1-3H3,(H,24,32)(H,25,31)(H,26,27)/t14-/m1/s1. The number of hydrogen-bond donors (Lipinski definition) is 3. The largest absolute Gasteiger partial charge is 0.497 e. The number of para-hydroxylation sites is 1. The number of nitrogens with one attached hydrogen (secondary N) is 3. The Bertz CT molecular complexity index is 1320. The number of fused-ring (bicyclic) bond motifs is 3. The molecule has 2 amide bonds. The molecule has 0 aliphatic rings. The van der Waals surface area contributed by atoms with E-state index in [1.54, 1.807) is 18.5 Å². The number of anilines is 1. The molecule has 176 valence electrons. The summed E-state index contributed by atoms with van der Waals surface area (Å²) in [5.41, 5.74) is 2.16. The number of benzene rings is 2. The Morgan fingerprint density at radius 2 is 1.85 bits per heavy atom. The van der Waals surface area contributed by atoms with Gasteiger partial charge < -0.3 is 25.4 Å². The number of nitrogens with zero attached hydrogens (tertiary/aromatic N) is 4. The highest BCUT2D eigenvalue weighted by atomic mass is 16.5. The molecule has 4 aromatic rings. The molecule has 34 heavy (non-hydrogen) atoms. The van der Waals surface area contributed by atoms with E-state index in [0.717, 1.165) is 22.2 Å². The zero-order chi connectivity index (χ0) is 24.1. The molecule has 11 heteroatoms. The SMILES string of the molecule is CNC(=O)OCCNC(=O)[C@@H](C)Nc1nc2ccccc2c2nc(-c3ccc(OC)cc3)nn12. The Hall–Kier alpha value is -4.41. The van der Waals surface area contributed by atoms with Crippen LogP contribution in [-0.2, 0) is 9.53 Å². The van der Waals surface area contributed by atoms with Gasteiger partial charge >= 0.3 is 6.09 Å². The van der Waals surface area contributed by atoms with Gasteiger partial charge in [-0.1, -0.05) is 12.1 Å². The lowest BCUT2D eigenvalue weighted by Crippen LogP contribution is -2.40. The summed E-state index contributed by atoms with van der Waals surface area (Å²) in [7, 11) is 3.08. The summed E-state index contributed by atoms with van der Waals surface area (Å²) in [4.78, 5) is 33.0. The molecular weight excluding hydrogens is 438 g/mol. The number of alkyl carbamates (subject to hydrolysis) is 1. The van der Waals surface area contributed by atoms with Crippen LogP contribution >= 0.6 is 0 Å². The number of rotatable bonds is 8. The number of ether oxygens (including phenoxy) is 2. The van der Waals surface area contributed by atoms with Gasteiger partial charge in [0.1, 0.15) is 18.4 Å². The molecule has 0 bridgehead atoms. The molecule has 11 nitrogen and oxygen atoms in total. The number of aromatic nitrogens is 4. The Balaban J connectivity index is 1.60. The second-order valence-corrected chi connectivity index (χ2v) is 7.39. The third-order valence-electron chi connectivity index (χ3n) is 5.10. The predicted octanol–water partition coefficient (Wildman–Crippen LogP) is 2.23. The summed E-state index contributed by atoms with van der Waals surface area (Å²) in [6.07, 6.45) is -0.554. The van der Waals surface area contributed by atoms with Gasteiger partial charge in [0.25, 0.3) is 0 Å². The van der Waals surface area contributed by atoms with Crippen molar-refractivity contribution in [2.75, 3.05) is 32.6 Å². The van der Waals surface area contributed by atoms with Gasteiger partial charge in [-0.3, -0.25) is 4.79 Å². The fourth-order valence-corrected chi connectivity index (χ4v) is 3.31. The molecule has 0 saturated heterocycles. The summed E-state index contributed by atoms with van der Waals surface area (Å²) in [6.45, 7) is 1.95. The van der Waals surface area contributed by atoms with E-state index in [0.29, 0.717) is 17.4 Å². The molecule has 0 saturated carbocycles. The zero-order valence-corrected chi connectivity index (χ0v) is 19.0. The maximum atomic E-state index is 12.5. The smallest absolute Gasteiger partial charge is 0.406 e. The van der Waals surface area contributed by atoms with Crippen LogP contribution < -0.4 is 20.7 Å². The lowest BCUT2D eigenvalue weighted by Gasteiger charge is -2.15. The highest BCUT2D eigenvalue weighted by Crippen LogP contribution is 2.25. The van der Waals surface area contributed by atoms with Crippen molar-refractivity contribution in [2.45, 2.75) is 13.0 Å². The van der Waals surface area contributed by atoms with Gasteiger partial charge in [-0.25, -0.2) is 14.8 Å². The van der Waals surface area contributed by atoms with Crippen molar-refractivity contribution in [1.29, 1.82) is 0 Å². The van der Waals surface area contributed by atoms with Crippen molar-refractivity contribution in [3.05, 3.63) is 48.5 Å². The summed E-state index contributed by atoms with van der Waals surface area (Å²) >= 11 is 0. The average Bonchev–Trinajstić information content (AvgIpc) is 3.32. The second kappa shape index (κ2) is 10.0. The molecule has 0 spiro atoms. The van der Waals surface area contributed by atoms with E-state index in [4.69, 9.17) is 14.5 Å². The molecule has 0 radical (unpaired) electrons. The average molecular weight is 463 g/mol. The normalized spacial score (nSPS) is 11.7. The predicted molar refractivity (Wildman–Crippen MR) is 127 cm³/mol. The first-order valence-electron chi connectivity index (χ1n) is 10.7. The first-order chi connectivity index (χ1) is 16.5. The van der Waals surface area contributed by atoms with E-state index in [1.165, 1.54) is 7.05 Å². The van der Waals surface area contributed by atoms with Gasteiger partial charge in [-0.05, 0) is 43.3 Å². The molecule has 4 rings (SSSR count). The fraction of sp³-hybridized carbons (Fsp3) is 0.261. The van der Waals surface area contributed by atoms with E-state index >= 15 is 0 Å². The van der Waals surface area contributed by atoms with Gasteiger partial charge in [0, 0.05) is 18.0 Å². The molecular formula is C23H25N7O4. The Morgan fingerprint density at radius 3 is 2.59 bits per heavy atom. The first kappa shape index (κ1) is 22.8. The van der Waals surface area contributed by atoms with Crippen LogP contribution in [0.5, 0.6) is 5.75 Å². The van der Waals surface area contributed by atoms with Crippen molar-refractivity contribution in [3.8, 4) is 17.1 Å². The Kier molecular flexibility index (Phi) is 6.72. The number of carbonyl (C=O) groups is 2. The zero-order valence-electron chi connectivity index (χ0n) is 19.0. The lowest BCUT2D eigenvalue weighted by molar-refractivity contribution is -0.121. The number of amides is 2. The van der Waals surface area contributed by atoms with Crippen molar-refractivity contribution in [3.63, 3.8) is 0 Å². The third kappa shape index (κ3) is 4.82. The van der Waals surface area contributed by atoms with E-state index in [9.17, 15) is 9.59 Å². The van der Waals surface area contributed by atoms with Crippen LogP contribution in [0.15, 0.2) is 48.5 Å². The topological polar surface area (TPSA) is 132 Å². The van der Waals surface area contributed by atoms with Crippen LogP contribution in [0, 0.1) is 0 Å². The van der Waals surface area contributed by atoms with Crippen molar-refractivity contribution in [2.24, 2.45) is 0 Å². The molecule has 1 atom stereocenters. The second-order valence-electron chi connectivity index (χ2n) is 7.39. The Morgan fingerprint density at radius 1 is 1.09 bits per heavy atom. The summed E-state index contributed by atoms with van der Waals surface area (Å²) in [6, 6.07) is 14.4. The molecule has 0 aliphatic carbocycles. The molecule has 2 heterocycles. The van der Waals surface area contributed by atoms with Crippen molar-refractivity contribution in [1.82, 2.24) is 30.2 Å². The van der Waals surface area contributed by atoms with E-state index in [-0.39, 0.29) is 19.1 Å². The van der Waals surface area contributed by atoms with Crippen LogP contribution in [0.4, 0.5) is 10.7 Å². The minimum atomic E-state index is -0.634. The van der Waals surface area contributed by atoms with Gasteiger partial charge in [-0.2, -0.15) is 4.52 Å². The maximum absolute atomic E-state index is 12.5. The monoisotopic (exact) mass is 463 g/mol. The third-order valence-corrected chi connectivity index (χ3v) is 5.10. The maximum Gasteiger partial charge on any atom is 0.406 e. The highest BCUT2D eigenvalue weighted by Gasteiger charge is 2.19. The quantitative estimate of drug-likeness (QED) is 0.339. The Labute approximate surface area is 195 Å². The van der Waals surface area contributed by atoms with Gasteiger partial charge in [-0.15, -0.1) is 5.10 Å². The number of hydrogen-bond acceptors (Lipinski definition) is 8. The van der Waals surface area contributed by atoms with E-state index < -0.39 is 12.1 Å². The van der Waals surface area contributed by atoms with E-state index in [2.05, 4.69) is 26.0 Å². The summed E-state index contributed by atoms with van der Waals surface area (Å²) in [5, 5.41) is 13.7. The molecule has 2 aromatic carbocycles. The number of carbonyl (C=O) groups excluding carboxylic acids is 2. The van der Waals surface area contributed by atoms with Crippen molar-refractivity contribution < 1.29 is 19.1 Å². The molecule has 0 unspecified atom stereocenters. The fourth-order valence-electron chi connectivity index (χ4n) is 3.31. The van der Waals surface area contributed by atoms with Crippen LogP contribution in [0.2, 0.25) is 0 Å². The summed E-state index contributed by atoms with van der Waals surface area (Å²) < 4.78 is 11.7. The van der Waals surface area contributed by atoms with Crippen LogP contribution in [0.25, 0.3) is 27.9 Å². The van der Waals surface area contributed by atoms with Crippen molar-refractivity contribution >= 4 is 34.5 Å². The molecule has 0 aliphatic heterocycles. The van der Waals surface area contributed by atoms with Gasteiger partial charge in [0.05, 0.1) is 19.2 Å². The minimum Gasteiger partial charge on any atom is -0.497 e. The lowest BCUT2D eigenvalue weighted by atomic mass is 10.2. The van der Waals surface area contributed by atoms with Crippen LogP contribution in [-0.4, -0.2) is 64.9 Å². The van der Waals surface area contributed by atoms with Crippen LogP contribution in [0.1, 0.15) is 6.92 Å². The van der Waals surface area contributed by atoms with Gasteiger partial charge in [0.2, 0.25) is 11.9 Å². The highest BCUT2D eigenvalue weighted by molar-refractivity contribution is 5.93. The van der Waals surface area contributed by atoms with E-state index in [1.807, 2.05) is 48.5 Å². The molecule has 2 aromatic heterocycles.